The first-order valence-electron chi connectivity index (χ1n) is 10.7. The molecule has 162 valence electrons. The number of hydrogen-bond acceptors (Lipinski definition) is 5. The van der Waals surface area contributed by atoms with E-state index in [1.54, 1.807) is 0 Å². The van der Waals surface area contributed by atoms with E-state index < -0.39 is 16.1 Å². The molecule has 1 aromatic carbocycles. The summed E-state index contributed by atoms with van der Waals surface area (Å²) in [5.41, 5.74) is 2.23. The van der Waals surface area contributed by atoms with Crippen molar-refractivity contribution in [2.24, 2.45) is 0 Å². The highest BCUT2D eigenvalue weighted by atomic mass is 32.2. The Morgan fingerprint density at radius 1 is 1.10 bits per heavy atom. The fraction of sp³-hybridized carbons (Fsp3) is 0.667. The molecule has 29 heavy (non-hydrogen) atoms. The Kier molecular flexibility index (Phi) is 7.54. The topological polar surface area (TPSA) is 73.0 Å². The fourth-order valence-corrected chi connectivity index (χ4v) is 5.94. The van der Waals surface area contributed by atoms with E-state index in [1.807, 2.05) is 25.1 Å². The van der Waals surface area contributed by atoms with Gasteiger partial charge in [0.25, 0.3) is 0 Å². The summed E-state index contributed by atoms with van der Waals surface area (Å²) in [4.78, 5) is 17.6. The van der Waals surface area contributed by atoms with Crippen molar-refractivity contribution in [2.75, 3.05) is 50.4 Å². The fourth-order valence-electron chi connectivity index (χ4n) is 4.19. The van der Waals surface area contributed by atoms with Gasteiger partial charge in [-0.2, -0.15) is 4.31 Å². The second-order valence-corrected chi connectivity index (χ2v) is 10.1. The lowest BCUT2D eigenvalue weighted by atomic mass is 10.0. The summed E-state index contributed by atoms with van der Waals surface area (Å²) in [6.07, 6.45) is 2.85. The predicted octanol–water partition coefficient (Wildman–Crippen LogP) is 1.65. The molecular weight excluding hydrogens is 388 g/mol. The normalized spacial score (nSPS) is 21.9. The van der Waals surface area contributed by atoms with Crippen molar-refractivity contribution in [2.45, 2.75) is 45.2 Å². The largest absolute Gasteiger partial charge is 0.369 e. The van der Waals surface area contributed by atoms with Gasteiger partial charge in [-0.3, -0.25) is 4.79 Å². The van der Waals surface area contributed by atoms with Crippen molar-refractivity contribution in [3.05, 3.63) is 29.8 Å². The Hall–Kier alpha value is -1.64. The van der Waals surface area contributed by atoms with E-state index in [0.29, 0.717) is 25.9 Å². The van der Waals surface area contributed by atoms with Gasteiger partial charge in [0.2, 0.25) is 15.9 Å². The average Bonchev–Trinajstić information content (AvgIpc) is 2.73. The van der Waals surface area contributed by atoms with Crippen LogP contribution in [0.4, 0.5) is 5.69 Å². The first-order chi connectivity index (χ1) is 13.9. The highest BCUT2D eigenvalue weighted by Crippen LogP contribution is 2.24. The third-order valence-corrected chi connectivity index (χ3v) is 7.94. The number of likely N-dealkylation sites (N-methyl/N-ethyl adjacent to an activating group) is 1. The van der Waals surface area contributed by atoms with E-state index in [9.17, 15) is 13.2 Å². The van der Waals surface area contributed by atoms with Crippen LogP contribution >= 0.6 is 0 Å². The van der Waals surface area contributed by atoms with Crippen LogP contribution in [0, 0.1) is 0 Å². The number of para-hydroxylation sites is 1. The number of piperidine rings is 1. The number of hydrogen-bond donors (Lipinski definition) is 1. The van der Waals surface area contributed by atoms with Gasteiger partial charge in [0.15, 0.2) is 0 Å². The standard InChI is InChI=1S/C21H34N4O3S/c1-3-16-29(27,28)25-11-7-6-10-20(25)21(26)22-17-18-8-4-5-9-19(18)24-14-12-23(2)13-15-24/h4-5,8-9,20H,3,6-7,10-17H2,1-2H3,(H,22,26). The van der Waals surface area contributed by atoms with Crippen molar-refractivity contribution in [1.82, 2.24) is 14.5 Å². The molecule has 2 saturated heterocycles. The van der Waals surface area contributed by atoms with Crippen LogP contribution in [-0.4, -0.2) is 75.1 Å². The lowest BCUT2D eigenvalue weighted by Crippen LogP contribution is -2.52. The second-order valence-electron chi connectivity index (χ2n) is 8.08. The van der Waals surface area contributed by atoms with Gasteiger partial charge in [0.1, 0.15) is 6.04 Å². The molecule has 2 aliphatic heterocycles. The Morgan fingerprint density at radius 2 is 1.83 bits per heavy atom. The van der Waals surface area contributed by atoms with Gasteiger partial charge in [-0.25, -0.2) is 8.42 Å². The molecule has 2 aliphatic rings. The Bertz CT molecular complexity index is 791. The van der Waals surface area contributed by atoms with Gasteiger partial charge in [-0.15, -0.1) is 0 Å². The van der Waals surface area contributed by atoms with Crippen molar-refractivity contribution in [1.29, 1.82) is 0 Å². The summed E-state index contributed by atoms with van der Waals surface area (Å²) < 4.78 is 26.6. The van der Waals surface area contributed by atoms with Gasteiger partial charge in [0, 0.05) is 45.0 Å². The van der Waals surface area contributed by atoms with Crippen LogP contribution in [0.3, 0.4) is 0 Å². The maximum Gasteiger partial charge on any atom is 0.238 e. The molecule has 1 amide bonds. The van der Waals surface area contributed by atoms with Crippen LogP contribution in [0.25, 0.3) is 0 Å². The summed E-state index contributed by atoms with van der Waals surface area (Å²) in [5, 5.41) is 3.02. The molecule has 0 saturated carbocycles. The van der Waals surface area contributed by atoms with Crippen LogP contribution in [0.1, 0.15) is 38.2 Å². The van der Waals surface area contributed by atoms with E-state index in [2.05, 4.69) is 28.2 Å². The minimum absolute atomic E-state index is 0.100. The van der Waals surface area contributed by atoms with Gasteiger partial charge in [0.05, 0.1) is 5.75 Å². The quantitative estimate of drug-likeness (QED) is 0.723. The van der Waals surface area contributed by atoms with Crippen LogP contribution in [-0.2, 0) is 21.4 Å². The molecule has 1 N–H and O–H groups in total. The molecule has 0 bridgehead atoms. The molecule has 1 atom stereocenters. The van der Waals surface area contributed by atoms with E-state index in [1.165, 1.54) is 4.31 Å². The lowest BCUT2D eigenvalue weighted by molar-refractivity contribution is -0.125. The van der Waals surface area contributed by atoms with Crippen LogP contribution in [0.2, 0.25) is 0 Å². The molecule has 1 aromatic rings. The molecule has 2 fully saturated rings. The van der Waals surface area contributed by atoms with Crippen LogP contribution < -0.4 is 10.2 Å². The molecule has 0 aliphatic carbocycles. The molecule has 3 rings (SSSR count). The molecule has 0 aromatic heterocycles. The molecule has 2 heterocycles. The lowest BCUT2D eigenvalue weighted by Gasteiger charge is -2.35. The van der Waals surface area contributed by atoms with E-state index in [4.69, 9.17) is 0 Å². The Labute approximate surface area is 175 Å². The van der Waals surface area contributed by atoms with Crippen molar-refractivity contribution in [3.63, 3.8) is 0 Å². The smallest absolute Gasteiger partial charge is 0.238 e. The zero-order valence-electron chi connectivity index (χ0n) is 17.6. The molecule has 7 nitrogen and oxygen atoms in total. The summed E-state index contributed by atoms with van der Waals surface area (Å²) in [7, 11) is -1.25. The molecule has 0 radical (unpaired) electrons. The number of piperazine rings is 1. The number of nitrogens with zero attached hydrogens (tertiary/aromatic N) is 3. The van der Waals surface area contributed by atoms with Crippen LogP contribution in [0.15, 0.2) is 24.3 Å². The zero-order chi connectivity index (χ0) is 20.9. The number of amides is 1. The third kappa shape index (κ3) is 5.49. The molecule has 8 heteroatoms. The molecular formula is C21H34N4O3S. The molecule has 1 unspecified atom stereocenters. The first-order valence-corrected chi connectivity index (χ1v) is 12.3. The summed E-state index contributed by atoms with van der Waals surface area (Å²) in [5.74, 6) is -0.0826. The number of rotatable bonds is 7. The maximum absolute atomic E-state index is 12.9. The average molecular weight is 423 g/mol. The highest BCUT2D eigenvalue weighted by Gasteiger charge is 2.36. The second kappa shape index (κ2) is 9.91. The van der Waals surface area contributed by atoms with Crippen molar-refractivity contribution in [3.8, 4) is 0 Å². The van der Waals surface area contributed by atoms with Gasteiger partial charge < -0.3 is 15.1 Å². The maximum atomic E-state index is 12.9. The van der Waals surface area contributed by atoms with Crippen LogP contribution in [0.5, 0.6) is 0 Å². The highest BCUT2D eigenvalue weighted by molar-refractivity contribution is 7.89. The zero-order valence-corrected chi connectivity index (χ0v) is 18.5. The van der Waals surface area contributed by atoms with Gasteiger partial charge in [-0.1, -0.05) is 31.5 Å². The first kappa shape index (κ1) is 22.1. The van der Waals surface area contributed by atoms with E-state index in [-0.39, 0.29) is 11.7 Å². The number of sulfonamides is 1. The number of benzene rings is 1. The molecule has 0 spiro atoms. The minimum atomic E-state index is -3.38. The monoisotopic (exact) mass is 422 g/mol. The summed E-state index contributed by atoms with van der Waals surface area (Å²) >= 11 is 0. The van der Waals surface area contributed by atoms with Crippen molar-refractivity contribution < 1.29 is 13.2 Å². The Balaban J connectivity index is 1.67. The van der Waals surface area contributed by atoms with Gasteiger partial charge in [-0.05, 0) is 37.9 Å². The predicted molar refractivity (Wildman–Crippen MR) is 116 cm³/mol. The van der Waals surface area contributed by atoms with Gasteiger partial charge >= 0.3 is 0 Å². The number of carbonyl (C=O) groups is 1. The van der Waals surface area contributed by atoms with E-state index >= 15 is 0 Å². The SMILES string of the molecule is CCCS(=O)(=O)N1CCCCC1C(=O)NCc1ccccc1N1CCN(C)CC1. The van der Waals surface area contributed by atoms with Crippen molar-refractivity contribution >= 4 is 21.6 Å². The third-order valence-electron chi connectivity index (χ3n) is 5.86. The number of nitrogens with one attached hydrogen (secondary N) is 1. The number of carbonyl (C=O) groups excluding carboxylic acids is 1. The number of anilines is 1. The summed E-state index contributed by atoms with van der Waals surface area (Å²) in [6.45, 7) is 6.68. The minimum Gasteiger partial charge on any atom is -0.369 e. The van der Waals surface area contributed by atoms with E-state index in [0.717, 1.165) is 50.3 Å². The summed E-state index contributed by atoms with van der Waals surface area (Å²) in [6, 6.07) is 7.57. The Morgan fingerprint density at radius 3 is 2.55 bits per heavy atom.